The monoisotopic (exact) mass is 1250 g/mol. The Morgan fingerprint density at radius 1 is 0.337 bits per heavy atom. The minimum absolute atomic E-state index is 0.0415. The SMILES string of the molecule is CC/C=C\C/C=C\C/C=C\C/C=C\C/C=C\C/C=C\C/C=C\C/C=C\C/C=C\CCCCCCCCCCCC(=O)OC(COC(=O)CCCCCCCCCCC/C=C\C/C=C\C/C=C\C/C=C\C/C=C\C/C=C\C/C=C\CC)COP(=O)(O)OCCN. The van der Waals surface area contributed by atoms with Crippen molar-refractivity contribution in [2.24, 2.45) is 5.73 Å². The van der Waals surface area contributed by atoms with Crippen molar-refractivity contribution in [3.05, 3.63) is 194 Å². The molecule has 0 aliphatic rings. The third kappa shape index (κ3) is 71.8. The number of hydrogen-bond acceptors (Lipinski definition) is 8. The van der Waals surface area contributed by atoms with Gasteiger partial charge in [0.1, 0.15) is 6.61 Å². The molecule has 2 atom stereocenters. The smallest absolute Gasteiger partial charge is 0.462 e. The van der Waals surface area contributed by atoms with Crippen LogP contribution in [0.15, 0.2) is 194 Å². The number of ether oxygens (including phenoxy) is 2. The highest BCUT2D eigenvalue weighted by atomic mass is 31.2. The number of hydrogen-bond donors (Lipinski definition) is 2. The second kappa shape index (κ2) is 71.9. The Morgan fingerprint density at radius 3 is 0.865 bits per heavy atom. The van der Waals surface area contributed by atoms with Crippen LogP contribution >= 0.6 is 7.82 Å². The van der Waals surface area contributed by atoms with E-state index < -0.39 is 32.5 Å². The van der Waals surface area contributed by atoms with Crippen LogP contribution in [-0.2, 0) is 32.7 Å². The van der Waals surface area contributed by atoms with Crippen LogP contribution in [0.1, 0.15) is 258 Å². The lowest BCUT2D eigenvalue weighted by molar-refractivity contribution is -0.161. The van der Waals surface area contributed by atoms with Gasteiger partial charge in [-0.05, 0) is 141 Å². The number of rotatable bonds is 63. The van der Waals surface area contributed by atoms with Crippen LogP contribution < -0.4 is 5.73 Å². The zero-order valence-electron chi connectivity index (χ0n) is 56.1. The fourth-order valence-electron chi connectivity index (χ4n) is 8.90. The number of phosphoric acid groups is 1. The van der Waals surface area contributed by atoms with Crippen LogP contribution in [0.25, 0.3) is 0 Å². The van der Waals surface area contributed by atoms with Crippen molar-refractivity contribution in [1.29, 1.82) is 0 Å². The number of carbonyl (C=O) groups excluding carboxylic acids is 2. The van der Waals surface area contributed by atoms with Crippen molar-refractivity contribution in [3.63, 3.8) is 0 Å². The van der Waals surface area contributed by atoms with Gasteiger partial charge in [0.25, 0.3) is 0 Å². The van der Waals surface area contributed by atoms with Crippen molar-refractivity contribution < 1.29 is 37.6 Å². The summed E-state index contributed by atoms with van der Waals surface area (Å²) in [5, 5.41) is 0. The Labute approximate surface area is 545 Å². The van der Waals surface area contributed by atoms with Gasteiger partial charge >= 0.3 is 19.8 Å². The molecule has 0 aliphatic heterocycles. The molecule has 0 radical (unpaired) electrons. The lowest BCUT2D eigenvalue weighted by atomic mass is 10.1. The second-order valence-electron chi connectivity index (χ2n) is 22.3. The van der Waals surface area contributed by atoms with Gasteiger partial charge in [-0.3, -0.25) is 18.6 Å². The summed E-state index contributed by atoms with van der Waals surface area (Å²) in [4.78, 5) is 35.4. The van der Waals surface area contributed by atoms with Gasteiger partial charge in [-0.2, -0.15) is 0 Å². The summed E-state index contributed by atoms with van der Waals surface area (Å²) in [5.41, 5.74) is 5.40. The first-order valence-corrected chi connectivity index (χ1v) is 36.4. The second-order valence-corrected chi connectivity index (χ2v) is 23.7. The van der Waals surface area contributed by atoms with E-state index in [9.17, 15) is 19.0 Å². The molecule has 0 saturated heterocycles. The van der Waals surface area contributed by atoms with E-state index in [0.29, 0.717) is 12.8 Å². The Bertz CT molecular complexity index is 2160. The van der Waals surface area contributed by atoms with Crippen LogP contribution in [0.2, 0.25) is 0 Å². The molecule has 0 amide bonds. The summed E-state index contributed by atoms with van der Waals surface area (Å²) in [5.74, 6) is -0.853. The molecule has 0 heterocycles. The van der Waals surface area contributed by atoms with E-state index in [-0.39, 0.29) is 32.6 Å². The minimum Gasteiger partial charge on any atom is -0.462 e. The minimum atomic E-state index is -4.41. The molecule has 89 heavy (non-hydrogen) atoms. The molecule has 0 aliphatic carbocycles. The number of nitrogens with two attached hydrogens (primary N) is 1. The summed E-state index contributed by atoms with van der Waals surface area (Å²) >= 11 is 0. The van der Waals surface area contributed by atoms with Crippen molar-refractivity contribution >= 4 is 19.8 Å². The Balaban J connectivity index is 4.01. The van der Waals surface area contributed by atoms with Gasteiger partial charge in [0, 0.05) is 19.4 Å². The van der Waals surface area contributed by atoms with E-state index in [1.54, 1.807) is 0 Å². The maximum atomic E-state index is 12.8. The van der Waals surface area contributed by atoms with E-state index >= 15 is 0 Å². The first kappa shape index (κ1) is 83.8. The lowest BCUT2D eigenvalue weighted by Crippen LogP contribution is -2.29. The molecule has 500 valence electrons. The van der Waals surface area contributed by atoms with Gasteiger partial charge in [-0.1, -0.05) is 298 Å². The van der Waals surface area contributed by atoms with E-state index in [4.69, 9.17) is 24.3 Å². The molecule has 9 nitrogen and oxygen atoms in total. The van der Waals surface area contributed by atoms with Crippen LogP contribution in [-0.4, -0.2) is 49.3 Å². The number of phosphoric ester groups is 1. The van der Waals surface area contributed by atoms with Crippen LogP contribution in [0.4, 0.5) is 0 Å². The summed E-state index contributed by atoms with van der Waals surface area (Å²) in [6.07, 6.45) is 109. The van der Waals surface area contributed by atoms with Gasteiger partial charge in [-0.15, -0.1) is 0 Å². The van der Waals surface area contributed by atoms with Crippen molar-refractivity contribution in [2.45, 2.75) is 264 Å². The number of esters is 2. The van der Waals surface area contributed by atoms with E-state index in [0.717, 1.165) is 154 Å². The van der Waals surface area contributed by atoms with E-state index in [1.165, 1.54) is 64.2 Å². The van der Waals surface area contributed by atoms with Gasteiger partial charge in [-0.25, -0.2) is 4.57 Å². The predicted octanol–water partition coefficient (Wildman–Crippen LogP) is 23.3. The molecule has 0 bridgehead atoms. The average molecular weight is 1250 g/mol. The largest absolute Gasteiger partial charge is 0.472 e. The van der Waals surface area contributed by atoms with Gasteiger partial charge in [0.05, 0.1) is 13.2 Å². The first-order valence-electron chi connectivity index (χ1n) is 34.9. The molecule has 0 spiro atoms. The third-order valence-corrected chi connectivity index (χ3v) is 15.0. The highest BCUT2D eigenvalue weighted by Crippen LogP contribution is 2.43. The molecule has 2 unspecified atom stereocenters. The summed E-state index contributed by atoms with van der Waals surface area (Å²) in [6.45, 7) is 3.49. The number of unbranched alkanes of at least 4 members (excludes halogenated alkanes) is 18. The fourth-order valence-corrected chi connectivity index (χ4v) is 9.67. The van der Waals surface area contributed by atoms with Gasteiger partial charge < -0.3 is 20.1 Å². The maximum Gasteiger partial charge on any atom is 0.472 e. The van der Waals surface area contributed by atoms with Gasteiger partial charge in [0.15, 0.2) is 6.10 Å². The molecule has 0 aromatic heterocycles. The highest BCUT2D eigenvalue weighted by Gasteiger charge is 2.26. The Kier molecular flexibility index (Phi) is 67.8. The standard InChI is InChI=1S/C79H126NO8P/c1-3-5-7-9-11-13-15-17-19-21-23-25-27-29-31-33-35-36-37-38-39-40-42-44-46-48-50-52-54-56-58-60-62-64-66-68-70-72-79(82)88-77(76-87-89(83,84)86-74-73-80)75-85-78(81)71-69-67-65-63-61-59-57-55-53-51-49-47-45-43-41-34-32-30-28-26-24-22-20-18-16-14-12-10-8-6-4-2/h5-8,11-14,17-20,23-26,29-32,35-36,38-39,41-44,47-50,77H,3-4,9-10,15-16,21-22,27-28,33-34,37,40,45-46,51-76,80H2,1-2H3,(H,83,84)/b7-5-,8-6-,13-11-,14-12-,19-17-,20-18-,25-23-,26-24-,31-29-,32-30-,36-35-,39-38-,43-41-,44-42-,49-47-,50-48-. The summed E-state index contributed by atoms with van der Waals surface area (Å²) in [7, 11) is -4.41. The van der Waals surface area contributed by atoms with Gasteiger partial charge in [0.2, 0.25) is 0 Å². The summed E-state index contributed by atoms with van der Waals surface area (Å²) < 4.78 is 33.2. The van der Waals surface area contributed by atoms with Crippen LogP contribution in [0.5, 0.6) is 0 Å². The number of allylic oxidation sites excluding steroid dienone is 32. The predicted molar refractivity (Wildman–Crippen MR) is 385 cm³/mol. The molecule has 3 N–H and O–H groups in total. The van der Waals surface area contributed by atoms with Crippen molar-refractivity contribution in [3.8, 4) is 0 Å². The molecule has 0 fully saturated rings. The fraction of sp³-hybridized carbons (Fsp3) is 0.570. The zero-order valence-corrected chi connectivity index (χ0v) is 57.0. The van der Waals surface area contributed by atoms with Crippen molar-refractivity contribution in [2.75, 3.05) is 26.4 Å². The lowest BCUT2D eigenvalue weighted by Gasteiger charge is -2.19. The molecular weight excluding hydrogens is 1120 g/mol. The van der Waals surface area contributed by atoms with E-state index in [2.05, 4.69) is 208 Å². The highest BCUT2D eigenvalue weighted by molar-refractivity contribution is 7.47. The molecule has 0 aromatic carbocycles. The Morgan fingerprint density at radius 2 is 0.584 bits per heavy atom. The van der Waals surface area contributed by atoms with Crippen LogP contribution in [0.3, 0.4) is 0 Å². The summed E-state index contributed by atoms with van der Waals surface area (Å²) in [6, 6.07) is 0. The molecule has 0 rings (SSSR count). The molecule has 0 saturated carbocycles. The topological polar surface area (TPSA) is 134 Å². The Hall–Kier alpha value is -5.15. The first-order chi connectivity index (χ1) is 43.8. The zero-order chi connectivity index (χ0) is 64.4. The molecule has 10 heteroatoms. The third-order valence-electron chi connectivity index (χ3n) is 14.0. The molecular formula is C79H126NO8P. The normalized spacial score (nSPS) is 14.2. The maximum absolute atomic E-state index is 12.8. The average Bonchev–Trinajstić information content (AvgIpc) is 3.68. The number of carbonyl (C=O) groups is 2. The quantitative estimate of drug-likeness (QED) is 0.0264. The van der Waals surface area contributed by atoms with Crippen LogP contribution in [0, 0.1) is 0 Å². The van der Waals surface area contributed by atoms with Crippen molar-refractivity contribution in [1.82, 2.24) is 0 Å². The van der Waals surface area contributed by atoms with E-state index in [1.807, 2.05) is 0 Å². The molecule has 0 aromatic rings.